The molecule has 6 nitrogen and oxygen atoms in total. The lowest BCUT2D eigenvalue weighted by molar-refractivity contribution is -0.135. The highest BCUT2D eigenvalue weighted by atomic mass is 32.2. The summed E-state index contributed by atoms with van der Waals surface area (Å²) < 4.78 is 30.9. The van der Waals surface area contributed by atoms with Gasteiger partial charge in [-0.1, -0.05) is 18.2 Å². The number of hydrogen-bond acceptors (Lipinski definition) is 4. The zero-order valence-corrected chi connectivity index (χ0v) is 15.5. The van der Waals surface area contributed by atoms with Crippen LogP contribution in [0.1, 0.15) is 25.7 Å². The fourth-order valence-corrected chi connectivity index (χ4v) is 4.61. The van der Waals surface area contributed by atoms with Gasteiger partial charge in [0.2, 0.25) is 15.9 Å². The molecule has 7 heteroatoms. The molecular formula is C18H26N2O4S. The third-order valence-electron chi connectivity index (χ3n) is 5.02. The highest BCUT2D eigenvalue weighted by Crippen LogP contribution is 2.29. The molecule has 3 heterocycles. The van der Waals surface area contributed by atoms with E-state index in [0.717, 1.165) is 18.6 Å². The molecule has 4 rings (SSSR count). The molecule has 3 aliphatic rings. The predicted molar refractivity (Wildman–Crippen MR) is 95.8 cm³/mol. The second-order valence-electron chi connectivity index (χ2n) is 6.99. The van der Waals surface area contributed by atoms with E-state index in [0.29, 0.717) is 39.1 Å². The van der Waals surface area contributed by atoms with Gasteiger partial charge in [-0.2, -0.15) is 4.31 Å². The standard InChI is InChI=1S/C18H26N2O4S/c1-25(22,23)19-12-15-9-10-16(14-19)20(13-15)18(21)8-5-11-24-17-6-3-2-4-7-17/h2-4,6-7,15-16H,5,8-14H2,1H3/t15-,16+/m0/s1. The maximum absolute atomic E-state index is 12.6. The zero-order chi connectivity index (χ0) is 17.9. The van der Waals surface area contributed by atoms with Crippen LogP contribution in [0.4, 0.5) is 0 Å². The molecule has 0 spiro atoms. The lowest BCUT2D eigenvalue weighted by Gasteiger charge is -2.36. The first-order valence-corrected chi connectivity index (χ1v) is 10.7. The Bertz CT molecular complexity index is 692. The van der Waals surface area contributed by atoms with Crippen LogP contribution >= 0.6 is 0 Å². The van der Waals surface area contributed by atoms with E-state index in [1.54, 1.807) is 4.31 Å². The maximum atomic E-state index is 12.6. The Morgan fingerprint density at radius 2 is 1.92 bits per heavy atom. The van der Waals surface area contributed by atoms with Crippen molar-refractivity contribution in [3.8, 4) is 5.75 Å². The number of amides is 1. The summed E-state index contributed by atoms with van der Waals surface area (Å²) >= 11 is 0. The summed E-state index contributed by atoms with van der Waals surface area (Å²) in [6, 6.07) is 9.58. The Kier molecular flexibility index (Phi) is 5.64. The molecule has 3 aliphatic heterocycles. The topological polar surface area (TPSA) is 66.9 Å². The second-order valence-corrected chi connectivity index (χ2v) is 8.97. The quantitative estimate of drug-likeness (QED) is 0.719. The van der Waals surface area contributed by atoms with E-state index < -0.39 is 10.0 Å². The molecular weight excluding hydrogens is 340 g/mol. The number of carbonyl (C=O) groups is 1. The number of nitrogens with zero attached hydrogens (tertiary/aromatic N) is 2. The van der Waals surface area contributed by atoms with Gasteiger partial charge in [0.15, 0.2) is 0 Å². The average Bonchev–Trinajstić information content (AvgIpc) is 2.91. The molecule has 0 radical (unpaired) electrons. The minimum absolute atomic E-state index is 0.0102. The van der Waals surface area contributed by atoms with Crippen molar-refractivity contribution in [3.05, 3.63) is 30.3 Å². The number of piperidine rings is 1. The van der Waals surface area contributed by atoms with Gasteiger partial charge in [-0.05, 0) is 37.3 Å². The molecule has 1 aromatic rings. The van der Waals surface area contributed by atoms with Gasteiger partial charge >= 0.3 is 0 Å². The summed E-state index contributed by atoms with van der Waals surface area (Å²) in [6.07, 6.45) is 4.25. The van der Waals surface area contributed by atoms with Gasteiger partial charge in [0.05, 0.1) is 12.9 Å². The average molecular weight is 366 g/mol. The van der Waals surface area contributed by atoms with Crippen LogP contribution in [0.2, 0.25) is 0 Å². The molecule has 3 saturated heterocycles. The minimum atomic E-state index is -3.20. The smallest absolute Gasteiger partial charge is 0.223 e. The lowest BCUT2D eigenvalue weighted by atomic mass is 9.94. The Morgan fingerprint density at radius 1 is 1.16 bits per heavy atom. The van der Waals surface area contributed by atoms with Gasteiger partial charge in [0, 0.05) is 32.1 Å². The number of para-hydroxylation sites is 1. The third-order valence-corrected chi connectivity index (χ3v) is 6.25. The van der Waals surface area contributed by atoms with E-state index in [1.807, 2.05) is 35.2 Å². The number of sulfonamides is 1. The van der Waals surface area contributed by atoms with Gasteiger partial charge < -0.3 is 9.64 Å². The predicted octanol–water partition coefficient (Wildman–Crippen LogP) is 1.73. The Labute approximate surface area is 149 Å². The zero-order valence-electron chi connectivity index (χ0n) is 14.6. The number of rotatable bonds is 6. The van der Waals surface area contributed by atoms with Crippen molar-refractivity contribution in [2.45, 2.75) is 31.7 Å². The Hall–Kier alpha value is -1.60. The SMILES string of the molecule is CS(=O)(=O)N1C[C@@H]2CC[C@H](C1)N(C(=O)CCCOc1ccccc1)C2. The largest absolute Gasteiger partial charge is 0.494 e. The molecule has 2 bridgehead atoms. The fraction of sp³-hybridized carbons (Fsp3) is 0.611. The molecule has 2 atom stereocenters. The molecule has 0 unspecified atom stereocenters. The van der Waals surface area contributed by atoms with Crippen LogP contribution in [0.15, 0.2) is 30.3 Å². The van der Waals surface area contributed by atoms with Crippen molar-refractivity contribution in [1.82, 2.24) is 9.21 Å². The molecule has 1 amide bonds. The third kappa shape index (κ3) is 4.73. The summed E-state index contributed by atoms with van der Waals surface area (Å²) in [4.78, 5) is 14.5. The lowest BCUT2D eigenvalue weighted by Crippen LogP contribution is -2.47. The fourth-order valence-electron chi connectivity index (χ4n) is 3.69. The number of ether oxygens (including phenoxy) is 1. The van der Waals surface area contributed by atoms with Gasteiger partial charge in [-0.3, -0.25) is 4.79 Å². The van der Waals surface area contributed by atoms with E-state index in [9.17, 15) is 13.2 Å². The first-order chi connectivity index (χ1) is 11.9. The molecule has 1 aromatic carbocycles. The van der Waals surface area contributed by atoms with Gasteiger partial charge in [0.1, 0.15) is 5.75 Å². The van der Waals surface area contributed by atoms with Crippen LogP contribution in [-0.2, 0) is 14.8 Å². The Morgan fingerprint density at radius 3 is 2.64 bits per heavy atom. The van der Waals surface area contributed by atoms with Crippen LogP contribution in [0.25, 0.3) is 0 Å². The highest BCUT2D eigenvalue weighted by molar-refractivity contribution is 7.88. The van der Waals surface area contributed by atoms with Crippen LogP contribution in [-0.4, -0.2) is 62.1 Å². The molecule has 25 heavy (non-hydrogen) atoms. The van der Waals surface area contributed by atoms with Crippen LogP contribution < -0.4 is 4.74 Å². The molecule has 0 saturated carbocycles. The molecule has 3 fully saturated rings. The maximum Gasteiger partial charge on any atom is 0.223 e. The highest BCUT2D eigenvalue weighted by Gasteiger charge is 2.39. The number of carbonyl (C=O) groups excluding carboxylic acids is 1. The van der Waals surface area contributed by atoms with Gasteiger partial charge in [0.25, 0.3) is 0 Å². The van der Waals surface area contributed by atoms with E-state index in [-0.39, 0.29) is 17.9 Å². The summed E-state index contributed by atoms with van der Waals surface area (Å²) in [5.41, 5.74) is 0. The van der Waals surface area contributed by atoms with Crippen molar-refractivity contribution in [2.24, 2.45) is 5.92 Å². The minimum Gasteiger partial charge on any atom is -0.494 e. The molecule has 0 aliphatic carbocycles. The van der Waals surface area contributed by atoms with Crippen LogP contribution in [0.5, 0.6) is 5.75 Å². The Balaban J connectivity index is 1.51. The number of hydrogen-bond donors (Lipinski definition) is 0. The molecule has 0 N–H and O–H groups in total. The normalized spacial score (nSPS) is 24.1. The number of fused-ring (bicyclic) bond motifs is 4. The van der Waals surface area contributed by atoms with Crippen molar-refractivity contribution < 1.29 is 17.9 Å². The van der Waals surface area contributed by atoms with Crippen molar-refractivity contribution in [3.63, 3.8) is 0 Å². The number of benzene rings is 1. The second kappa shape index (κ2) is 7.74. The summed E-state index contributed by atoms with van der Waals surface area (Å²) in [5.74, 6) is 1.17. The summed E-state index contributed by atoms with van der Waals surface area (Å²) in [5, 5.41) is 0. The first kappa shape index (κ1) is 18.2. The monoisotopic (exact) mass is 366 g/mol. The van der Waals surface area contributed by atoms with E-state index in [2.05, 4.69) is 0 Å². The van der Waals surface area contributed by atoms with Crippen molar-refractivity contribution in [2.75, 3.05) is 32.5 Å². The van der Waals surface area contributed by atoms with Crippen molar-refractivity contribution in [1.29, 1.82) is 0 Å². The van der Waals surface area contributed by atoms with Crippen LogP contribution in [0.3, 0.4) is 0 Å². The summed E-state index contributed by atoms with van der Waals surface area (Å²) in [7, 11) is -3.20. The first-order valence-electron chi connectivity index (χ1n) is 8.86. The van der Waals surface area contributed by atoms with Crippen molar-refractivity contribution >= 4 is 15.9 Å². The molecule has 138 valence electrons. The molecule has 0 aromatic heterocycles. The van der Waals surface area contributed by atoms with E-state index in [1.165, 1.54) is 6.26 Å². The van der Waals surface area contributed by atoms with Gasteiger partial charge in [-0.15, -0.1) is 0 Å². The van der Waals surface area contributed by atoms with E-state index in [4.69, 9.17) is 4.74 Å². The van der Waals surface area contributed by atoms with Gasteiger partial charge in [-0.25, -0.2) is 8.42 Å². The van der Waals surface area contributed by atoms with E-state index >= 15 is 0 Å². The van der Waals surface area contributed by atoms with Crippen LogP contribution in [0, 0.1) is 5.92 Å². The summed E-state index contributed by atoms with van der Waals surface area (Å²) in [6.45, 7) is 2.15.